The van der Waals surface area contributed by atoms with Crippen molar-refractivity contribution < 1.29 is 28.6 Å². The molecular formula is C20H23NO6. The van der Waals surface area contributed by atoms with E-state index in [0.717, 1.165) is 5.56 Å². The van der Waals surface area contributed by atoms with Gasteiger partial charge in [-0.3, -0.25) is 9.59 Å². The molecule has 1 fully saturated rings. The van der Waals surface area contributed by atoms with Crippen LogP contribution >= 0.6 is 0 Å². The number of aliphatic hydroxyl groups is 1. The minimum atomic E-state index is -1.02. The van der Waals surface area contributed by atoms with Gasteiger partial charge in [-0.1, -0.05) is 12.1 Å². The molecule has 7 nitrogen and oxygen atoms in total. The minimum absolute atomic E-state index is 0.0897. The Morgan fingerprint density at radius 1 is 1.33 bits per heavy atom. The molecule has 3 rings (SSSR count). The number of esters is 1. The van der Waals surface area contributed by atoms with Crippen molar-refractivity contribution in [2.24, 2.45) is 0 Å². The maximum atomic E-state index is 12.9. The molecule has 1 aliphatic heterocycles. The summed E-state index contributed by atoms with van der Waals surface area (Å²) in [6, 6.07) is 4.51. The monoisotopic (exact) mass is 373 g/mol. The van der Waals surface area contributed by atoms with E-state index < -0.39 is 18.1 Å². The first-order chi connectivity index (χ1) is 12.8. The van der Waals surface area contributed by atoms with Crippen LogP contribution in [-0.4, -0.2) is 53.0 Å². The Bertz CT molecular complexity index is 899. The summed E-state index contributed by atoms with van der Waals surface area (Å²) in [4.78, 5) is 38.4. The lowest BCUT2D eigenvalue weighted by atomic mass is 10.0. The van der Waals surface area contributed by atoms with Crippen molar-refractivity contribution in [3.63, 3.8) is 0 Å². The average molecular weight is 373 g/mol. The van der Waals surface area contributed by atoms with Crippen LogP contribution in [0.1, 0.15) is 41.9 Å². The number of ketones is 1. The summed E-state index contributed by atoms with van der Waals surface area (Å²) < 4.78 is 10.7. The summed E-state index contributed by atoms with van der Waals surface area (Å²) >= 11 is 0. The molecular weight excluding hydrogens is 350 g/mol. The number of ether oxygens (including phenoxy) is 1. The van der Waals surface area contributed by atoms with E-state index >= 15 is 0 Å². The van der Waals surface area contributed by atoms with Crippen LogP contribution in [0.15, 0.2) is 22.6 Å². The van der Waals surface area contributed by atoms with Crippen molar-refractivity contribution in [1.29, 1.82) is 0 Å². The fourth-order valence-corrected chi connectivity index (χ4v) is 3.54. The summed E-state index contributed by atoms with van der Waals surface area (Å²) in [5.41, 5.74) is 2.03. The Balaban J connectivity index is 1.92. The number of carbonyl (C=O) groups is 3. The van der Waals surface area contributed by atoms with Gasteiger partial charge in [-0.2, -0.15) is 0 Å². The Labute approximate surface area is 156 Å². The van der Waals surface area contributed by atoms with Crippen molar-refractivity contribution >= 4 is 28.6 Å². The maximum absolute atomic E-state index is 12.9. The van der Waals surface area contributed by atoms with Gasteiger partial charge in [-0.25, -0.2) is 4.79 Å². The van der Waals surface area contributed by atoms with Crippen LogP contribution < -0.4 is 0 Å². The van der Waals surface area contributed by atoms with Gasteiger partial charge in [0.05, 0.1) is 19.1 Å². The fraction of sp³-hybridized carbons (Fsp3) is 0.450. The lowest BCUT2D eigenvalue weighted by Gasteiger charge is -2.24. The van der Waals surface area contributed by atoms with E-state index in [1.165, 1.54) is 11.8 Å². The number of fused-ring (bicyclic) bond motifs is 1. The van der Waals surface area contributed by atoms with Gasteiger partial charge in [0.1, 0.15) is 5.58 Å². The first kappa shape index (κ1) is 19.1. The van der Waals surface area contributed by atoms with Crippen LogP contribution in [0, 0.1) is 6.92 Å². The lowest BCUT2D eigenvalue weighted by molar-refractivity contribution is -0.155. The molecule has 1 amide bonds. The lowest BCUT2D eigenvalue weighted by Crippen LogP contribution is -2.46. The molecule has 0 spiro atoms. The Morgan fingerprint density at radius 3 is 2.74 bits per heavy atom. The zero-order valence-corrected chi connectivity index (χ0v) is 15.7. The van der Waals surface area contributed by atoms with E-state index in [-0.39, 0.29) is 37.0 Å². The van der Waals surface area contributed by atoms with E-state index in [1.54, 1.807) is 6.92 Å². The second-order valence-corrected chi connectivity index (χ2v) is 6.78. The van der Waals surface area contributed by atoms with Crippen LogP contribution in [0.3, 0.4) is 0 Å². The van der Waals surface area contributed by atoms with Gasteiger partial charge in [0.25, 0.3) is 0 Å². The fourth-order valence-electron chi connectivity index (χ4n) is 3.54. The summed E-state index contributed by atoms with van der Waals surface area (Å²) in [5.74, 6) is -1.09. The number of nitrogens with zero attached hydrogens (tertiary/aromatic N) is 1. The largest absolute Gasteiger partial charge is 0.464 e. The smallest absolute Gasteiger partial charge is 0.331 e. The van der Waals surface area contributed by atoms with Crippen LogP contribution in [0.4, 0.5) is 0 Å². The Kier molecular flexibility index (Phi) is 5.32. The van der Waals surface area contributed by atoms with Gasteiger partial charge in [-0.05, 0) is 31.9 Å². The average Bonchev–Trinajstić information content (AvgIpc) is 3.15. The number of amides is 1. The number of aryl methyl sites for hydroxylation is 1. The van der Waals surface area contributed by atoms with E-state index in [1.807, 2.05) is 25.1 Å². The van der Waals surface area contributed by atoms with Gasteiger partial charge in [-0.15, -0.1) is 0 Å². The minimum Gasteiger partial charge on any atom is -0.464 e. The molecule has 0 radical (unpaired) electrons. The number of aliphatic hydroxyl groups excluding tert-OH is 1. The van der Waals surface area contributed by atoms with Crippen LogP contribution in [0.2, 0.25) is 0 Å². The molecule has 2 aromatic rings. The SMILES string of the molecule is CCOC(=O)[C@@H]1[C@H](O)CCN1C(=O)Cc1c(C(C)=O)oc2cc(C)ccc12. The Hall–Kier alpha value is -2.67. The quantitative estimate of drug-likeness (QED) is 0.636. The van der Waals surface area contributed by atoms with E-state index in [0.29, 0.717) is 23.0 Å². The van der Waals surface area contributed by atoms with Crippen molar-refractivity contribution in [2.75, 3.05) is 13.2 Å². The molecule has 0 aliphatic carbocycles. The summed E-state index contributed by atoms with van der Waals surface area (Å²) in [7, 11) is 0. The number of benzene rings is 1. The molecule has 144 valence electrons. The number of hydrogen-bond acceptors (Lipinski definition) is 6. The number of likely N-dealkylation sites (tertiary alicyclic amines) is 1. The molecule has 27 heavy (non-hydrogen) atoms. The molecule has 7 heteroatoms. The second-order valence-electron chi connectivity index (χ2n) is 6.78. The molecule has 1 aromatic heterocycles. The normalized spacial score (nSPS) is 19.5. The highest BCUT2D eigenvalue weighted by molar-refractivity contribution is 6.01. The third-order valence-electron chi connectivity index (χ3n) is 4.81. The van der Waals surface area contributed by atoms with Crippen molar-refractivity contribution in [3.05, 3.63) is 35.1 Å². The second kappa shape index (κ2) is 7.52. The highest BCUT2D eigenvalue weighted by Crippen LogP contribution is 2.29. The van der Waals surface area contributed by atoms with Gasteiger partial charge in [0.2, 0.25) is 5.91 Å². The van der Waals surface area contributed by atoms with Gasteiger partial charge in [0, 0.05) is 24.4 Å². The van der Waals surface area contributed by atoms with Gasteiger partial charge < -0.3 is 19.2 Å². The Morgan fingerprint density at radius 2 is 2.07 bits per heavy atom. The topological polar surface area (TPSA) is 97.0 Å². The standard InChI is InChI=1S/C20H23NO6/c1-4-26-20(25)18-15(23)7-8-21(18)17(24)10-14-13-6-5-11(2)9-16(13)27-19(14)12(3)22/h5-6,9,15,18,23H,4,7-8,10H2,1-3H3/t15-,18+/m1/s1. The third kappa shape index (κ3) is 3.60. The van der Waals surface area contributed by atoms with Gasteiger partial charge in [0.15, 0.2) is 17.6 Å². The van der Waals surface area contributed by atoms with E-state index in [4.69, 9.17) is 9.15 Å². The number of rotatable bonds is 5. The first-order valence-corrected chi connectivity index (χ1v) is 9.00. The number of furan rings is 1. The highest BCUT2D eigenvalue weighted by Gasteiger charge is 2.42. The molecule has 0 bridgehead atoms. The maximum Gasteiger partial charge on any atom is 0.331 e. The van der Waals surface area contributed by atoms with Crippen molar-refractivity contribution in [3.8, 4) is 0 Å². The zero-order chi connectivity index (χ0) is 19.7. The molecule has 0 unspecified atom stereocenters. The predicted octanol–water partition coefficient (Wildman–Crippen LogP) is 2.01. The molecule has 2 heterocycles. The van der Waals surface area contributed by atoms with Gasteiger partial charge >= 0.3 is 5.97 Å². The molecule has 0 saturated carbocycles. The molecule has 1 aromatic carbocycles. The molecule has 1 saturated heterocycles. The van der Waals surface area contributed by atoms with Crippen molar-refractivity contribution in [2.45, 2.75) is 45.8 Å². The molecule has 1 N–H and O–H groups in total. The summed E-state index contributed by atoms with van der Waals surface area (Å²) in [6.07, 6.45) is -0.739. The van der Waals surface area contributed by atoms with Crippen LogP contribution in [0.5, 0.6) is 0 Å². The van der Waals surface area contributed by atoms with Crippen LogP contribution in [0.25, 0.3) is 11.0 Å². The summed E-state index contributed by atoms with van der Waals surface area (Å²) in [6.45, 7) is 5.40. The third-order valence-corrected chi connectivity index (χ3v) is 4.81. The van der Waals surface area contributed by atoms with Crippen molar-refractivity contribution in [1.82, 2.24) is 4.90 Å². The molecule has 2 atom stereocenters. The van der Waals surface area contributed by atoms with E-state index in [9.17, 15) is 19.5 Å². The zero-order valence-electron chi connectivity index (χ0n) is 15.7. The summed E-state index contributed by atoms with van der Waals surface area (Å²) in [5, 5.41) is 10.8. The van der Waals surface area contributed by atoms with Crippen LogP contribution in [-0.2, 0) is 20.7 Å². The number of carbonyl (C=O) groups excluding carboxylic acids is 3. The first-order valence-electron chi connectivity index (χ1n) is 9.00. The van der Waals surface area contributed by atoms with E-state index in [2.05, 4.69) is 0 Å². The molecule has 1 aliphatic rings. The highest BCUT2D eigenvalue weighted by atomic mass is 16.5. The number of Topliss-reactive ketones (excluding diaryl/α,β-unsaturated/α-hetero) is 1. The number of hydrogen-bond donors (Lipinski definition) is 1. The predicted molar refractivity (Wildman–Crippen MR) is 97.4 cm³/mol.